The van der Waals surface area contributed by atoms with Gasteiger partial charge in [-0.05, 0) is 18.4 Å². The number of benzene rings is 1. The first-order chi connectivity index (χ1) is 6.67. The van der Waals surface area contributed by atoms with E-state index in [9.17, 15) is 13.9 Å². The average Bonchev–Trinajstić information content (AvgIpc) is 2.99. The van der Waals surface area contributed by atoms with Gasteiger partial charge in [-0.15, -0.1) is 0 Å². The van der Waals surface area contributed by atoms with Crippen LogP contribution < -0.4 is 0 Å². The standard InChI is InChI=1S/C11H12F2O/c12-10(13)9(14)11(6-7-11)8-4-2-1-3-5-8/h1-5,9-10,14H,6-7H2. The van der Waals surface area contributed by atoms with E-state index < -0.39 is 17.9 Å². The molecule has 1 N–H and O–H groups in total. The van der Waals surface area contributed by atoms with E-state index in [0.29, 0.717) is 12.8 Å². The van der Waals surface area contributed by atoms with Crippen molar-refractivity contribution in [1.29, 1.82) is 0 Å². The molecule has 0 heterocycles. The van der Waals surface area contributed by atoms with Crippen LogP contribution in [0.5, 0.6) is 0 Å². The van der Waals surface area contributed by atoms with Gasteiger partial charge in [0.25, 0.3) is 6.43 Å². The molecule has 0 spiro atoms. The quantitative estimate of drug-likeness (QED) is 0.790. The first kappa shape index (κ1) is 9.59. The summed E-state index contributed by atoms with van der Waals surface area (Å²) in [5.41, 5.74) is 0.155. The van der Waals surface area contributed by atoms with E-state index in [2.05, 4.69) is 0 Å². The molecule has 2 rings (SSSR count). The van der Waals surface area contributed by atoms with Gasteiger partial charge in [-0.3, -0.25) is 0 Å². The Morgan fingerprint density at radius 2 is 1.71 bits per heavy atom. The van der Waals surface area contributed by atoms with Crippen LogP contribution in [0.25, 0.3) is 0 Å². The van der Waals surface area contributed by atoms with E-state index in [1.807, 2.05) is 18.2 Å². The van der Waals surface area contributed by atoms with Gasteiger partial charge in [-0.25, -0.2) is 8.78 Å². The van der Waals surface area contributed by atoms with Crippen molar-refractivity contribution in [2.75, 3.05) is 0 Å². The summed E-state index contributed by atoms with van der Waals surface area (Å²) >= 11 is 0. The molecular weight excluding hydrogens is 186 g/mol. The molecule has 1 aromatic carbocycles. The zero-order valence-corrected chi connectivity index (χ0v) is 7.66. The zero-order chi connectivity index (χ0) is 10.2. The number of aliphatic hydroxyl groups is 1. The second-order valence-corrected chi connectivity index (χ2v) is 3.80. The van der Waals surface area contributed by atoms with Gasteiger partial charge in [0.15, 0.2) is 0 Å². The highest BCUT2D eigenvalue weighted by Gasteiger charge is 2.53. The summed E-state index contributed by atoms with van der Waals surface area (Å²) in [5.74, 6) is 0. The largest absolute Gasteiger partial charge is 0.386 e. The van der Waals surface area contributed by atoms with Gasteiger partial charge in [0.1, 0.15) is 6.10 Å². The Balaban J connectivity index is 2.26. The van der Waals surface area contributed by atoms with Crippen molar-refractivity contribution < 1.29 is 13.9 Å². The molecular formula is C11H12F2O. The van der Waals surface area contributed by atoms with Crippen LogP contribution >= 0.6 is 0 Å². The fraction of sp³-hybridized carbons (Fsp3) is 0.455. The highest BCUT2D eigenvalue weighted by Crippen LogP contribution is 2.52. The summed E-state index contributed by atoms with van der Waals surface area (Å²) in [4.78, 5) is 0. The Kier molecular flexibility index (Phi) is 2.27. The van der Waals surface area contributed by atoms with Crippen LogP contribution in [-0.2, 0) is 5.41 Å². The Morgan fingerprint density at radius 1 is 1.14 bits per heavy atom. The van der Waals surface area contributed by atoms with Gasteiger partial charge >= 0.3 is 0 Å². The lowest BCUT2D eigenvalue weighted by atomic mass is 9.90. The Hall–Kier alpha value is -0.960. The summed E-state index contributed by atoms with van der Waals surface area (Å²) < 4.78 is 24.8. The number of aliphatic hydroxyl groups excluding tert-OH is 1. The molecule has 1 nitrogen and oxygen atoms in total. The molecule has 3 heteroatoms. The minimum absolute atomic E-state index is 0.655. The lowest BCUT2D eigenvalue weighted by Crippen LogP contribution is -2.32. The second-order valence-electron chi connectivity index (χ2n) is 3.80. The van der Waals surface area contributed by atoms with Crippen LogP contribution in [0.2, 0.25) is 0 Å². The van der Waals surface area contributed by atoms with Crippen molar-refractivity contribution >= 4 is 0 Å². The molecule has 0 aliphatic heterocycles. The maximum absolute atomic E-state index is 12.4. The maximum atomic E-state index is 12.4. The third-order valence-corrected chi connectivity index (χ3v) is 2.94. The van der Waals surface area contributed by atoms with Crippen molar-refractivity contribution in [2.24, 2.45) is 0 Å². The van der Waals surface area contributed by atoms with E-state index in [1.54, 1.807) is 12.1 Å². The summed E-state index contributed by atoms with van der Waals surface area (Å²) in [7, 11) is 0. The first-order valence-corrected chi connectivity index (χ1v) is 4.68. The fourth-order valence-corrected chi connectivity index (χ4v) is 1.90. The summed E-state index contributed by atoms with van der Waals surface area (Å²) in [6.45, 7) is 0. The first-order valence-electron chi connectivity index (χ1n) is 4.68. The molecule has 1 aromatic rings. The van der Waals surface area contributed by atoms with Gasteiger partial charge in [0, 0.05) is 5.41 Å². The topological polar surface area (TPSA) is 20.2 Å². The van der Waals surface area contributed by atoms with Crippen LogP contribution in [-0.4, -0.2) is 17.6 Å². The summed E-state index contributed by atoms with van der Waals surface area (Å²) in [6, 6.07) is 9.08. The minimum Gasteiger partial charge on any atom is -0.386 e. The molecule has 0 aromatic heterocycles. The van der Waals surface area contributed by atoms with Gasteiger partial charge in [0.05, 0.1) is 0 Å². The van der Waals surface area contributed by atoms with E-state index in [0.717, 1.165) is 5.56 Å². The van der Waals surface area contributed by atoms with Crippen LogP contribution in [0.3, 0.4) is 0 Å². The molecule has 1 aliphatic carbocycles. The molecule has 1 atom stereocenters. The molecule has 0 amide bonds. The van der Waals surface area contributed by atoms with Crippen molar-refractivity contribution in [3.05, 3.63) is 35.9 Å². The third kappa shape index (κ3) is 1.42. The highest BCUT2D eigenvalue weighted by molar-refractivity contribution is 5.33. The van der Waals surface area contributed by atoms with Crippen LogP contribution in [0.1, 0.15) is 18.4 Å². The lowest BCUT2D eigenvalue weighted by molar-refractivity contribution is -0.0270. The Bertz CT molecular complexity index is 306. The minimum atomic E-state index is -2.65. The summed E-state index contributed by atoms with van der Waals surface area (Å²) in [6.07, 6.45) is -2.87. The second kappa shape index (κ2) is 3.31. The van der Waals surface area contributed by atoms with Crippen LogP contribution in [0.15, 0.2) is 30.3 Å². The molecule has 1 unspecified atom stereocenters. The van der Waals surface area contributed by atoms with Crippen molar-refractivity contribution in [3.8, 4) is 0 Å². The number of alkyl halides is 2. The van der Waals surface area contributed by atoms with Gasteiger partial charge in [-0.2, -0.15) is 0 Å². The molecule has 14 heavy (non-hydrogen) atoms. The predicted molar refractivity (Wildman–Crippen MR) is 49.4 cm³/mol. The number of halogens is 2. The van der Waals surface area contributed by atoms with Crippen molar-refractivity contribution in [1.82, 2.24) is 0 Å². The number of rotatable bonds is 3. The molecule has 0 radical (unpaired) electrons. The predicted octanol–water partition coefficient (Wildman–Crippen LogP) is 2.34. The molecule has 1 aliphatic rings. The van der Waals surface area contributed by atoms with E-state index in [-0.39, 0.29) is 0 Å². The fourth-order valence-electron chi connectivity index (χ4n) is 1.90. The van der Waals surface area contributed by atoms with Crippen LogP contribution in [0, 0.1) is 0 Å². The highest BCUT2D eigenvalue weighted by atomic mass is 19.3. The van der Waals surface area contributed by atoms with Crippen molar-refractivity contribution in [2.45, 2.75) is 30.8 Å². The number of hydrogen-bond donors (Lipinski definition) is 1. The average molecular weight is 198 g/mol. The molecule has 1 fully saturated rings. The SMILES string of the molecule is OC(C(F)F)C1(c2ccccc2)CC1. The lowest BCUT2D eigenvalue weighted by Gasteiger charge is -2.21. The Labute approximate surface area is 81.4 Å². The maximum Gasteiger partial charge on any atom is 0.264 e. The van der Waals surface area contributed by atoms with E-state index >= 15 is 0 Å². The van der Waals surface area contributed by atoms with Crippen molar-refractivity contribution in [3.63, 3.8) is 0 Å². The molecule has 1 saturated carbocycles. The van der Waals surface area contributed by atoms with Crippen LogP contribution in [0.4, 0.5) is 8.78 Å². The number of hydrogen-bond acceptors (Lipinski definition) is 1. The van der Waals surface area contributed by atoms with Gasteiger partial charge in [0.2, 0.25) is 0 Å². The zero-order valence-electron chi connectivity index (χ0n) is 7.66. The smallest absolute Gasteiger partial charge is 0.264 e. The van der Waals surface area contributed by atoms with E-state index in [1.165, 1.54) is 0 Å². The third-order valence-electron chi connectivity index (χ3n) is 2.94. The molecule has 0 saturated heterocycles. The molecule has 76 valence electrons. The monoisotopic (exact) mass is 198 g/mol. The van der Waals surface area contributed by atoms with E-state index in [4.69, 9.17) is 0 Å². The normalized spacial score (nSPS) is 20.9. The molecule has 0 bridgehead atoms. The van der Waals surface area contributed by atoms with Gasteiger partial charge < -0.3 is 5.11 Å². The summed E-state index contributed by atoms with van der Waals surface area (Å²) in [5, 5.41) is 9.42. The van der Waals surface area contributed by atoms with Gasteiger partial charge in [-0.1, -0.05) is 30.3 Å². The Morgan fingerprint density at radius 3 is 2.14 bits per heavy atom.